The Labute approximate surface area is 59.8 Å². The van der Waals surface area contributed by atoms with E-state index in [2.05, 4.69) is 0 Å². The van der Waals surface area contributed by atoms with Gasteiger partial charge in [-0.15, -0.1) is 0 Å². The van der Waals surface area contributed by atoms with Gasteiger partial charge in [0.1, 0.15) is 0 Å². The van der Waals surface area contributed by atoms with Gasteiger partial charge >= 0.3 is 0 Å². The van der Waals surface area contributed by atoms with E-state index in [1.165, 1.54) is 24.9 Å². The largest absolute Gasteiger partial charge is 0.330 e. The van der Waals surface area contributed by atoms with Gasteiger partial charge in [0.25, 0.3) is 0 Å². The molecule has 0 spiro atoms. The summed E-state index contributed by atoms with van der Waals surface area (Å²) in [7, 11) is 0.658. The minimum absolute atomic E-state index is 0.658. The Hall–Kier alpha value is 0.137. The maximum Gasteiger partial charge on any atom is 0.0281 e. The minimum Gasteiger partial charge on any atom is -0.330 e. The maximum absolute atomic E-state index is 5.33. The van der Waals surface area contributed by atoms with E-state index >= 15 is 0 Å². The molecule has 0 saturated carbocycles. The zero-order valence-electron chi connectivity index (χ0n) is 5.97. The normalized spacial score (nSPS) is 10.0. The lowest BCUT2D eigenvalue weighted by Gasteiger charge is -1.95. The average Bonchev–Trinajstić information content (AvgIpc) is 1.89. The van der Waals surface area contributed by atoms with Crippen molar-refractivity contribution in [2.24, 2.45) is 11.5 Å². The SMILES string of the molecule is NCCC[SiH]CCCN. The van der Waals surface area contributed by atoms with Crippen molar-refractivity contribution in [3.8, 4) is 0 Å². The smallest absolute Gasteiger partial charge is 0.0281 e. The van der Waals surface area contributed by atoms with E-state index in [1.54, 1.807) is 0 Å². The summed E-state index contributed by atoms with van der Waals surface area (Å²) in [4.78, 5) is 0. The Balaban J connectivity index is 2.60. The molecular formula is C6H17N2Si. The molecule has 55 valence electrons. The molecule has 3 heteroatoms. The van der Waals surface area contributed by atoms with Crippen LogP contribution in [0, 0.1) is 0 Å². The van der Waals surface area contributed by atoms with Crippen molar-refractivity contribution >= 4 is 9.52 Å². The Morgan fingerprint density at radius 3 is 1.67 bits per heavy atom. The topological polar surface area (TPSA) is 52.0 Å². The number of rotatable bonds is 6. The van der Waals surface area contributed by atoms with Crippen LogP contribution in [0.15, 0.2) is 0 Å². The summed E-state index contributed by atoms with van der Waals surface area (Å²) in [6.45, 7) is 1.71. The first-order valence-electron chi connectivity index (χ1n) is 3.63. The molecule has 0 aliphatic heterocycles. The molecule has 0 bridgehead atoms. The van der Waals surface area contributed by atoms with Gasteiger partial charge in [-0.25, -0.2) is 0 Å². The van der Waals surface area contributed by atoms with Crippen LogP contribution in [-0.2, 0) is 0 Å². The van der Waals surface area contributed by atoms with E-state index in [0.29, 0.717) is 9.52 Å². The lowest BCUT2D eigenvalue weighted by molar-refractivity contribution is 0.895. The Morgan fingerprint density at radius 1 is 0.889 bits per heavy atom. The molecule has 2 nitrogen and oxygen atoms in total. The molecule has 9 heavy (non-hydrogen) atoms. The van der Waals surface area contributed by atoms with Crippen molar-refractivity contribution in [3.63, 3.8) is 0 Å². The van der Waals surface area contributed by atoms with Gasteiger partial charge in [-0.05, 0) is 25.9 Å². The zero-order chi connectivity index (χ0) is 6.95. The molecular weight excluding hydrogens is 128 g/mol. The molecule has 0 heterocycles. The van der Waals surface area contributed by atoms with Crippen LogP contribution in [0.25, 0.3) is 0 Å². The first-order valence-corrected chi connectivity index (χ1v) is 5.27. The second kappa shape index (κ2) is 8.14. The molecule has 0 unspecified atom stereocenters. The molecule has 0 atom stereocenters. The predicted molar refractivity (Wildman–Crippen MR) is 44.1 cm³/mol. The summed E-state index contributed by atoms with van der Waals surface area (Å²) < 4.78 is 0. The standard InChI is InChI=1S/C6H17N2Si/c7-3-1-5-9-6-2-4-8/h9H,1-8H2. The maximum atomic E-state index is 5.33. The fourth-order valence-electron chi connectivity index (χ4n) is 0.669. The van der Waals surface area contributed by atoms with Gasteiger partial charge in [-0.2, -0.15) is 0 Å². The van der Waals surface area contributed by atoms with Crippen molar-refractivity contribution in [1.82, 2.24) is 0 Å². The molecule has 1 radical (unpaired) electrons. The predicted octanol–water partition coefficient (Wildman–Crippen LogP) is -0.0429. The molecule has 4 N–H and O–H groups in total. The van der Waals surface area contributed by atoms with Crippen LogP contribution in [0.2, 0.25) is 12.1 Å². The average molecular weight is 145 g/mol. The molecule has 0 aliphatic carbocycles. The molecule has 0 aromatic heterocycles. The van der Waals surface area contributed by atoms with E-state index in [1.807, 2.05) is 0 Å². The highest BCUT2D eigenvalue weighted by Gasteiger charge is 1.87. The summed E-state index contributed by atoms with van der Waals surface area (Å²) in [6, 6.07) is 2.72. The molecule has 0 aromatic carbocycles. The molecule has 0 aliphatic rings. The third-order valence-electron chi connectivity index (χ3n) is 1.22. The highest BCUT2D eigenvalue weighted by molar-refractivity contribution is 6.35. The Morgan fingerprint density at radius 2 is 1.33 bits per heavy atom. The zero-order valence-corrected chi connectivity index (χ0v) is 7.13. The van der Waals surface area contributed by atoms with Crippen molar-refractivity contribution < 1.29 is 0 Å². The van der Waals surface area contributed by atoms with E-state index in [0.717, 1.165) is 13.1 Å². The van der Waals surface area contributed by atoms with Gasteiger partial charge in [0, 0.05) is 9.52 Å². The third kappa shape index (κ3) is 8.14. The molecule has 0 rings (SSSR count). The first-order chi connectivity index (χ1) is 4.41. The quantitative estimate of drug-likeness (QED) is 0.407. The summed E-state index contributed by atoms with van der Waals surface area (Å²) in [6.07, 6.45) is 2.42. The van der Waals surface area contributed by atoms with Crippen LogP contribution in [0.3, 0.4) is 0 Å². The van der Waals surface area contributed by atoms with Crippen molar-refractivity contribution in [3.05, 3.63) is 0 Å². The second-order valence-corrected chi connectivity index (χ2v) is 3.88. The third-order valence-corrected chi connectivity index (χ3v) is 2.86. The highest BCUT2D eigenvalue weighted by atomic mass is 28.2. The van der Waals surface area contributed by atoms with Crippen LogP contribution >= 0.6 is 0 Å². The lowest BCUT2D eigenvalue weighted by atomic mass is 10.5. The highest BCUT2D eigenvalue weighted by Crippen LogP contribution is 1.92. The fourth-order valence-corrected chi connectivity index (χ4v) is 2.01. The van der Waals surface area contributed by atoms with Crippen molar-refractivity contribution in [2.75, 3.05) is 13.1 Å². The fraction of sp³-hybridized carbons (Fsp3) is 1.00. The number of hydrogen-bond acceptors (Lipinski definition) is 2. The van der Waals surface area contributed by atoms with Crippen LogP contribution < -0.4 is 11.5 Å². The van der Waals surface area contributed by atoms with E-state index in [9.17, 15) is 0 Å². The minimum atomic E-state index is 0.658. The van der Waals surface area contributed by atoms with Gasteiger partial charge in [-0.3, -0.25) is 0 Å². The second-order valence-electron chi connectivity index (χ2n) is 2.15. The summed E-state index contributed by atoms with van der Waals surface area (Å²) >= 11 is 0. The number of hydrogen-bond donors (Lipinski definition) is 2. The summed E-state index contributed by atoms with van der Waals surface area (Å²) in [5.41, 5.74) is 10.7. The van der Waals surface area contributed by atoms with Crippen LogP contribution in [0.4, 0.5) is 0 Å². The monoisotopic (exact) mass is 145 g/mol. The van der Waals surface area contributed by atoms with Crippen molar-refractivity contribution in [1.29, 1.82) is 0 Å². The van der Waals surface area contributed by atoms with Gasteiger partial charge in [0.05, 0.1) is 0 Å². The Kier molecular flexibility index (Phi) is 8.26. The van der Waals surface area contributed by atoms with Gasteiger partial charge in [0.2, 0.25) is 0 Å². The Bertz CT molecular complexity index is 44.3. The van der Waals surface area contributed by atoms with Gasteiger partial charge in [-0.1, -0.05) is 12.1 Å². The van der Waals surface area contributed by atoms with E-state index < -0.39 is 0 Å². The number of nitrogens with two attached hydrogens (primary N) is 2. The van der Waals surface area contributed by atoms with Crippen LogP contribution in [0.5, 0.6) is 0 Å². The molecule has 0 saturated heterocycles. The van der Waals surface area contributed by atoms with Crippen LogP contribution in [-0.4, -0.2) is 22.6 Å². The van der Waals surface area contributed by atoms with Gasteiger partial charge in [0.15, 0.2) is 0 Å². The molecule has 0 fully saturated rings. The van der Waals surface area contributed by atoms with Crippen LogP contribution in [0.1, 0.15) is 12.8 Å². The lowest BCUT2D eigenvalue weighted by Crippen LogP contribution is -2.03. The first kappa shape index (κ1) is 9.14. The van der Waals surface area contributed by atoms with Crippen molar-refractivity contribution in [2.45, 2.75) is 24.9 Å². The van der Waals surface area contributed by atoms with E-state index in [-0.39, 0.29) is 0 Å². The summed E-state index contributed by atoms with van der Waals surface area (Å²) in [5.74, 6) is 0. The van der Waals surface area contributed by atoms with Gasteiger partial charge < -0.3 is 11.5 Å². The molecule has 0 aromatic rings. The van der Waals surface area contributed by atoms with E-state index in [4.69, 9.17) is 11.5 Å². The summed E-state index contributed by atoms with van der Waals surface area (Å²) in [5, 5.41) is 0. The molecule has 0 amide bonds.